The molecule has 0 heterocycles. The number of nitrogens with zero attached hydrogens (tertiary/aromatic N) is 1. The molecule has 0 aromatic heterocycles. The molecule has 0 bridgehead atoms. The van der Waals surface area contributed by atoms with Crippen LogP contribution >= 0.6 is 0 Å². The molecule has 1 N–H and O–H groups in total. The average Bonchev–Trinajstić information content (AvgIpc) is 1.98. The van der Waals surface area contributed by atoms with Crippen molar-refractivity contribution in [1.82, 2.24) is 4.90 Å². The minimum atomic E-state index is -4.86. The van der Waals surface area contributed by atoms with Gasteiger partial charge in [-0.2, -0.15) is 13.2 Å². The van der Waals surface area contributed by atoms with Crippen LogP contribution in [0.1, 0.15) is 6.92 Å². The number of likely N-dealkylation sites (N-methyl/N-ethyl adjacent to an activating group) is 1. The van der Waals surface area contributed by atoms with Crippen LogP contribution in [0.25, 0.3) is 0 Å². The van der Waals surface area contributed by atoms with Crippen molar-refractivity contribution in [3.05, 3.63) is 0 Å². The zero-order valence-corrected chi connectivity index (χ0v) is 6.72. The highest BCUT2D eigenvalue weighted by Crippen LogP contribution is 2.18. The molecule has 6 heteroatoms. The molecule has 0 aromatic rings. The van der Waals surface area contributed by atoms with E-state index in [4.69, 9.17) is 5.11 Å². The fourth-order valence-corrected chi connectivity index (χ4v) is 0.523. The molecule has 3 nitrogen and oxygen atoms in total. The van der Waals surface area contributed by atoms with Crippen LogP contribution in [0.5, 0.6) is 0 Å². The molecule has 12 heavy (non-hydrogen) atoms. The number of carbonyl (C=O) groups excluding carboxylic acids is 1. The first-order chi connectivity index (χ1) is 5.30. The second-order valence-electron chi connectivity index (χ2n) is 2.45. The third-order valence-electron chi connectivity index (χ3n) is 1.49. The average molecular weight is 185 g/mol. The molecule has 0 saturated heterocycles. The molecule has 0 saturated carbocycles. The van der Waals surface area contributed by atoms with Crippen LogP contribution in [-0.4, -0.2) is 41.8 Å². The van der Waals surface area contributed by atoms with Crippen LogP contribution in [0.15, 0.2) is 0 Å². The van der Waals surface area contributed by atoms with Crippen LogP contribution in [0.3, 0.4) is 0 Å². The van der Waals surface area contributed by atoms with Crippen LogP contribution in [0.4, 0.5) is 13.2 Å². The third kappa shape index (κ3) is 2.69. The SMILES string of the molecule is CC(CO)N(C)C(=O)C(F)(F)F. The second kappa shape index (κ2) is 3.75. The Bertz CT molecular complexity index is 169. The highest BCUT2D eigenvalue weighted by Gasteiger charge is 2.42. The highest BCUT2D eigenvalue weighted by atomic mass is 19.4. The van der Waals surface area contributed by atoms with E-state index in [1.54, 1.807) is 0 Å². The third-order valence-corrected chi connectivity index (χ3v) is 1.49. The molecule has 1 unspecified atom stereocenters. The maximum atomic E-state index is 11.7. The maximum absolute atomic E-state index is 11.7. The first-order valence-electron chi connectivity index (χ1n) is 3.25. The van der Waals surface area contributed by atoms with Gasteiger partial charge in [0, 0.05) is 7.05 Å². The number of aliphatic hydroxyl groups is 1. The summed E-state index contributed by atoms with van der Waals surface area (Å²) in [5.74, 6) is -1.94. The Morgan fingerprint density at radius 1 is 1.58 bits per heavy atom. The maximum Gasteiger partial charge on any atom is 0.471 e. The predicted octanol–water partition coefficient (Wildman–Crippen LogP) is 0.388. The molecular formula is C6H10F3NO2. The van der Waals surface area contributed by atoms with Crippen molar-refractivity contribution in [3.8, 4) is 0 Å². The zero-order valence-electron chi connectivity index (χ0n) is 6.72. The number of hydrogen-bond acceptors (Lipinski definition) is 2. The molecule has 0 spiro atoms. The summed E-state index contributed by atoms with van der Waals surface area (Å²) < 4.78 is 35.2. The van der Waals surface area contributed by atoms with Gasteiger partial charge in [-0.05, 0) is 6.92 Å². The van der Waals surface area contributed by atoms with Crippen LogP contribution < -0.4 is 0 Å². The van der Waals surface area contributed by atoms with Crippen LogP contribution in [0.2, 0.25) is 0 Å². The van der Waals surface area contributed by atoms with Gasteiger partial charge in [-0.25, -0.2) is 0 Å². The van der Waals surface area contributed by atoms with Gasteiger partial charge in [-0.1, -0.05) is 0 Å². The minimum absolute atomic E-state index is 0.458. The fraction of sp³-hybridized carbons (Fsp3) is 0.833. The summed E-state index contributed by atoms with van der Waals surface area (Å²) in [7, 11) is 0.997. The van der Waals surface area contributed by atoms with Gasteiger partial charge in [0.15, 0.2) is 0 Å². The van der Waals surface area contributed by atoms with Gasteiger partial charge in [-0.3, -0.25) is 4.79 Å². The monoisotopic (exact) mass is 185 g/mol. The van der Waals surface area contributed by atoms with E-state index in [1.165, 1.54) is 6.92 Å². The van der Waals surface area contributed by atoms with Gasteiger partial charge in [0.25, 0.3) is 0 Å². The smallest absolute Gasteiger partial charge is 0.394 e. The molecule has 1 atom stereocenters. The molecule has 72 valence electrons. The Morgan fingerprint density at radius 2 is 2.00 bits per heavy atom. The molecule has 0 aliphatic heterocycles. The largest absolute Gasteiger partial charge is 0.471 e. The molecule has 1 amide bonds. The highest BCUT2D eigenvalue weighted by molar-refractivity contribution is 5.81. The molecule has 0 radical (unpaired) electrons. The van der Waals surface area contributed by atoms with Crippen LogP contribution in [-0.2, 0) is 4.79 Å². The van der Waals surface area contributed by atoms with Gasteiger partial charge in [0.1, 0.15) is 0 Å². The lowest BCUT2D eigenvalue weighted by Gasteiger charge is -2.23. The summed E-state index contributed by atoms with van der Waals surface area (Å²) in [5, 5.41) is 8.46. The van der Waals surface area contributed by atoms with E-state index in [0.717, 1.165) is 7.05 Å². The number of alkyl halides is 3. The number of carbonyl (C=O) groups is 1. The lowest BCUT2D eigenvalue weighted by molar-refractivity contribution is -0.186. The van der Waals surface area contributed by atoms with Gasteiger partial charge < -0.3 is 10.0 Å². The summed E-state index contributed by atoms with van der Waals surface area (Å²) in [6.45, 7) is 0.835. The molecule has 0 aromatic carbocycles. The predicted molar refractivity (Wildman–Crippen MR) is 35.4 cm³/mol. The summed E-state index contributed by atoms with van der Waals surface area (Å²) in [6, 6.07) is -0.820. The van der Waals surface area contributed by atoms with E-state index >= 15 is 0 Å². The first-order valence-corrected chi connectivity index (χ1v) is 3.25. The first kappa shape index (κ1) is 11.2. The fourth-order valence-electron chi connectivity index (χ4n) is 0.523. The van der Waals surface area contributed by atoms with E-state index < -0.39 is 24.7 Å². The quantitative estimate of drug-likeness (QED) is 0.676. The van der Waals surface area contributed by atoms with E-state index in [9.17, 15) is 18.0 Å². The standard InChI is InChI=1S/C6H10F3NO2/c1-4(3-11)10(2)5(12)6(7,8)9/h4,11H,3H2,1-2H3. The zero-order chi connectivity index (χ0) is 9.94. The van der Waals surface area contributed by atoms with Crippen molar-refractivity contribution in [2.24, 2.45) is 0 Å². The van der Waals surface area contributed by atoms with Crippen molar-refractivity contribution in [2.45, 2.75) is 19.1 Å². The summed E-state index contributed by atoms with van der Waals surface area (Å²) >= 11 is 0. The second-order valence-corrected chi connectivity index (χ2v) is 2.45. The lowest BCUT2D eigenvalue weighted by Crippen LogP contribution is -2.44. The normalized spacial score (nSPS) is 14.2. The Balaban J connectivity index is 4.30. The molecular weight excluding hydrogens is 175 g/mol. The molecule has 0 rings (SSSR count). The molecule has 0 aliphatic carbocycles. The van der Waals surface area contributed by atoms with E-state index in [0.29, 0.717) is 4.90 Å². The van der Waals surface area contributed by atoms with Crippen molar-refractivity contribution >= 4 is 5.91 Å². The number of amides is 1. The van der Waals surface area contributed by atoms with Crippen molar-refractivity contribution in [2.75, 3.05) is 13.7 Å². The Hall–Kier alpha value is -0.780. The minimum Gasteiger partial charge on any atom is -0.394 e. The van der Waals surface area contributed by atoms with Crippen molar-refractivity contribution < 1.29 is 23.1 Å². The number of rotatable bonds is 2. The summed E-state index contributed by atoms with van der Waals surface area (Å²) in [4.78, 5) is 10.9. The van der Waals surface area contributed by atoms with Gasteiger partial charge >= 0.3 is 12.1 Å². The molecule has 0 fully saturated rings. The van der Waals surface area contributed by atoms with Gasteiger partial charge in [-0.15, -0.1) is 0 Å². The lowest BCUT2D eigenvalue weighted by atomic mass is 10.3. The number of aliphatic hydroxyl groups excluding tert-OH is 1. The van der Waals surface area contributed by atoms with E-state index in [2.05, 4.69) is 0 Å². The van der Waals surface area contributed by atoms with Gasteiger partial charge in [0.05, 0.1) is 12.6 Å². The Kier molecular flexibility index (Phi) is 3.51. The van der Waals surface area contributed by atoms with Gasteiger partial charge in [0.2, 0.25) is 0 Å². The van der Waals surface area contributed by atoms with E-state index in [-0.39, 0.29) is 0 Å². The molecule has 0 aliphatic rings. The Morgan fingerprint density at radius 3 is 2.25 bits per heavy atom. The Labute approximate surface area is 67.8 Å². The van der Waals surface area contributed by atoms with Crippen LogP contribution in [0, 0.1) is 0 Å². The van der Waals surface area contributed by atoms with Crippen molar-refractivity contribution in [3.63, 3.8) is 0 Å². The summed E-state index contributed by atoms with van der Waals surface area (Å²) in [5.41, 5.74) is 0. The topological polar surface area (TPSA) is 40.5 Å². The van der Waals surface area contributed by atoms with Crippen molar-refractivity contribution in [1.29, 1.82) is 0 Å². The summed E-state index contributed by atoms with van der Waals surface area (Å²) in [6.07, 6.45) is -4.86. The number of halogens is 3. The van der Waals surface area contributed by atoms with E-state index in [1.807, 2.05) is 0 Å². The number of hydrogen-bond donors (Lipinski definition) is 1.